The summed E-state index contributed by atoms with van der Waals surface area (Å²) in [6.07, 6.45) is 0. The number of nitrogens with zero attached hydrogens (tertiary/aromatic N) is 6. The second-order valence-electron chi connectivity index (χ2n) is 8.07. The highest BCUT2D eigenvalue weighted by molar-refractivity contribution is 7.99. The van der Waals surface area contributed by atoms with Crippen molar-refractivity contribution >= 4 is 17.7 Å². The van der Waals surface area contributed by atoms with Crippen LogP contribution < -0.4 is 4.90 Å². The third kappa shape index (κ3) is 4.90. The van der Waals surface area contributed by atoms with Gasteiger partial charge in [0.2, 0.25) is 17.7 Å². The molecule has 0 amide bonds. The molecule has 1 atom stereocenters. The van der Waals surface area contributed by atoms with Crippen molar-refractivity contribution in [3.8, 4) is 11.4 Å². The number of benzene rings is 1. The van der Waals surface area contributed by atoms with Crippen molar-refractivity contribution in [3.05, 3.63) is 35.5 Å². The van der Waals surface area contributed by atoms with Gasteiger partial charge in [0.15, 0.2) is 5.16 Å². The number of anilines is 1. The molecule has 0 saturated carbocycles. The quantitative estimate of drug-likeness (QED) is 0.501. The molecular weight excluding hydrogens is 419 g/mol. The first kappa shape index (κ1) is 21.8. The van der Waals surface area contributed by atoms with E-state index in [4.69, 9.17) is 9.26 Å². The summed E-state index contributed by atoms with van der Waals surface area (Å²) in [5.41, 5.74) is 1.17. The van der Waals surface area contributed by atoms with Crippen LogP contribution in [-0.2, 0) is 11.3 Å². The molecule has 1 unspecified atom stereocenters. The Bertz CT molecular complexity index is 1030. The molecular formula is C21H27FN6O2S. The van der Waals surface area contributed by atoms with E-state index in [0.29, 0.717) is 42.0 Å². The smallest absolute Gasteiger partial charge is 0.240 e. The average molecular weight is 447 g/mol. The van der Waals surface area contributed by atoms with E-state index in [-0.39, 0.29) is 11.1 Å². The highest BCUT2D eigenvalue weighted by atomic mass is 32.2. The van der Waals surface area contributed by atoms with Gasteiger partial charge in [-0.2, -0.15) is 4.98 Å². The predicted molar refractivity (Wildman–Crippen MR) is 117 cm³/mol. The molecule has 31 heavy (non-hydrogen) atoms. The summed E-state index contributed by atoms with van der Waals surface area (Å²) in [5.74, 6) is 1.86. The van der Waals surface area contributed by atoms with Gasteiger partial charge < -0.3 is 14.2 Å². The van der Waals surface area contributed by atoms with Gasteiger partial charge in [-0.05, 0) is 31.4 Å². The van der Waals surface area contributed by atoms with Crippen LogP contribution in [0, 0.1) is 18.7 Å². The van der Waals surface area contributed by atoms with Crippen LogP contribution in [0.15, 0.2) is 27.9 Å². The van der Waals surface area contributed by atoms with E-state index in [9.17, 15) is 4.39 Å². The number of hydrogen-bond acceptors (Lipinski definition) is 8. The number of morpholine rings is 1. The van der Waals surface area contributed by atoms with Crippen LogP contribution in [0.4, 0.5) is 10.3 Å². The Morgan fingerprint density at radius 1 is 1.16 bits per heavy atom. The Balaban J connectivity index is 1.54. The molecule has 0 spiro atoms. The highest BCUT2D eigenvalue weighted by Crippen LogP contribution is 2.35. The van der Waals surface area contributed by atoms with Crippen LogP contribution >= 0.6 is 11.8 Å². The topological polar surface area (TPSA) is 82.1 Å². The van der Waals surface area contributed by atoms with Crippen molar-refractivity contribution in [2.24, 2.45) is 5.92 Å². The molecule has 1 aliphatic heterocycles. The zero-order chi connectivity index (χ0) is 22.0. The fraction of sp³-hybridized carbons (Fsp3) is 0.524. The monoisotopic (exact) mass is 446 g/mol. The van der Waals surface area contributed by atoms with Crippen LogP contribution in [-0.4, -0.2) is 51.2 Å². The first-order valence-electron chi connectivity index (χ1n) is 10.4. The minimum Gasteiger partial charge on any atom is -0.378 e. The lowest BCUT2D eigenvalue weighted by Crippen LogP contribution is -2.38. The largest absolute Gasteiger partial charge is 0.378 e. The van der Waals surface area contributed by atoms with Crippen molar-refractivity contribution < 1.29 is 13.7 Å². The molecule has 0 radical (unpaired) electrons. The fourth-order valence-electron chi connectivity index (χ4n) is 3.35. The van der Waals surface area contributed by atoms with E-state index in [0.717, 1.165) is 30.7 Å². The summed E-state index contributed by atoms with van der Waals surface area (Å²) < 4.78 is 27.0. The predicted octanol–water partition coefficient (Wildman–Crippen LogP) is 4.12. The van der Waals surface area contributed by atoms with Crippen LogP contribution in [0.1, 0.15) is 37.5 Å². The third-order valence-electron chi connectivity index (χ3n) is 5.04. The Morgan fingerprint density at radius 2 is 1.94 bits per heavy atom. The number of thioether (sulfide) groups is 1. The number of halogens is 1. The molecule has 3 aromatic rings. The summed E-state index contributed by atoms with van der Waals surface area (Å²) >= 11 is 1.53. The number of aryl methyl sites for hydroxylation is 1. The standard InChI is InChI=1S/C21H27FN6O2S/c1-13(2)12-28-20(27-7-9-29-10-8-27)24-25-21(28)31-15(4)19-23-18(26-30-19)16-6-5-14(3)17(22)11-16/h5-6,11,13,15H,7-10,12H2,1-4H3. The van der Waals surface area contributed by atoms with E-state index >= 15 is 0 Å². The van der Waals surface area contributed by atoms with Crippen molar-refractivity contribution in [2.75, 3.05) is 31.2 Å². The van der Waals surface area contributed by atoms with Gasteiger partial charge in [-0.3, -0.25) is 4.57 Å². The first-order chi connectivity index (χ1) is 14.9. The zero-order valence-corrected chi connectivity index (χ0v) is 19.0. The summed E-state index contributed by atoms with van der Waals surface area (Å²) in [4.78, 5) is 6.70. The second kappa shape index (κ2) is 9.35. The highest BCUT2D eigenvalue weighted by Gasteiger charge is 2.24. The van der Waals surface area contributed by atoms with Gasteiger partial charge in [0.05, 0.1) is 18.5 Å². The van der Waals surface area contributed by atoms with Gasteiger partial charge >= 0.3 is 0 Å². The minimum atomic E-state index is -0.288. The van der Waals surface area contributed by atoms with E-state index in [2.05, 4.69) is 43.7 Å². The molecule has 1 aromatic carbocycles. The SMILES string of the molecule is Cc1ccc(-c2noc(C(C)Sc3nnc(N4CCOCC4)n3CC(C)C)n2)cc1F. The summed E-state index contributed by atoms with van der Waals surface area (Å²) in [5, 5.41) is 13.6. The Hall–Kier alpha value is -2.46. The molecule has 2 aromatic heterocycles. The third-order valence-corrected chi connectivity index (χ3v) is 6.11. The number of rotatable bonds is 7. The fourth-order valence-corrected chi connectivity index (χ4v) is 4.23. The van der Waals surface area contributed by atoms with Gasteiger partial charge in [0.1, 0.15) is 5.82 Å². The summed E-state index contributed by atoms with van der Waals surface area (Å²) in [7, 11) is 0. The first-order valence-corrected chi connectivity index (χ1v) is 11.3. The second-order valence-corrected chi connectivity index (χ2v) is 9.37. The van der Waals surface area contributed by atoms with Gasteiger partial charge in [-0.25, -0.2) is 4.39 Å². The maximum absolute atomic E-state index is 13.9. The molecule has 1 fully saturated rings. The van der Waals surface area contributed by atoms with E-state index in [1.165, 1.54) is 17.8 Å². The van der Waals surface area contributed by atoms with Crippen molar-refractivity contribution in [1.82, 2.24) is 24.9 Å². The number of hydrogen-bond donors (Lipinski definition) is 0. The van der Waals surface area contributed by atoms with Crippen molar-refractivity contribution in [3.63, 3.8) is 0 Å². The minimum absolute atomic E-state index is 0.135. The van der Waals surface area contributed by atoms with Crippen LogP contribution in [0.2, 0.25) is 0 Å². The zero-order valence-electron chi connectivity index (χ0n) is 18.2. The number of aromatic nitrogens is 5. The molecule has 0 aliphatic carbocycles. The normalized spacial score (nSPS) is 15.6. The van der Waals surface area contributed by atoms with Gasteiger partial charge in [-0.1, -0.05) is 42.9 Å². The van der Waals surface area contributed by atoms with Crippen molar-refractivity contribution in [2.45, 2.75) is 44.6 Å². The molecule has 3 heterocycles. The van der Waals surface area contributed by atoms with Gasteiger partial charge in [0, 0.05) is 25.2 Å². The Morgan fingerprint density at radius 3 is 2.65 bits per heavy atom. The molecule has 10 heteroatoms. The van der Waals surface area contributed by atoms with E-state index in [1.54, 1.807) is 19.1 Å². The lowest BCUT2D eigenvalue weighted by molar-refractivity contribution is 0.121. The van der Waals surface area contributed by atoms with Crippen LogP contribution in [0.5, 0.6) is 0 Å². The Kier molecular flexibility index (Phi) is 6.57. The molecule has 1 aliphatic rings. The summed E-state index contributed by atoms with van der Waals surface area (Å²) in [6, 6.07) is 4.93. The average Bonchev–Trinajstić information content (AvgIpc) is 3.39. The lowest BCUT2D eigenvalue weighted by Gasteiger charge is -2.28. The molecule has 8 nitrogen and oxygen atoms in total. The van der Waals surface area contributed by atoms with Gasteiger partial charge in [0.25, 0.3) is 0 Å². The van der Waals surface area contributed by atoms with Crippen LogP contribution in [0.25, 0.3) is 11.4 Å². The van der Waals surface area contributed by atoms with Gasteiger partial charge in [-0.15, -0.1) is 10.2 Å². The summed E-state index contributed by atoms with van der Waals surface area (Å²) in [6.45, 7) is 11.9. The molecule has 166 valence electrons. The maximum atomic E-state index is 13.9. The molecule has 0 N–H and O–H groups in total. The maximum Gasteiger partial charge on any atom is 0.240 e. The molecule has 4 rings (SSSR count). The van der Waals surface area contributed by atoms with Crippen LogP contribution in [0.3, 0.4) is 0 Å². The molecule has 1 saturated heterocycles. The van der Waals surface area contributed by atoms with E-state index < -0.39 is 0 Å². The van der Waals surface area contributed by atoms with E-state index in [1.807, 2.05) is 6.92 Å². The van der Waals surface area contributed by atoms with Crippen molar-refractivity contribution in [1.29, 1.82) is 0 Å². The lowest BCUT2D eigenvalue weighted by atomic mass is 10.1. The molecule has 0 bridgehead atoms. The number of ether oxygens (including phenoxy) is 1. The Labute approximate surface area is 185 Å².